The van der Waals surface area contributed by atoms with Gasteiger partial charge in [0, 0.05) is 43.6 Å². The minimum atomic E-state index is -0.396. The number of carbonyl (C=O) groups is 3. The number of methoxy groups -OCH3 is 1. The predicted octanol–water partition coefficient (Wildman–Crippen LogP) is 3.53. The highest BCUT2D eigenvalue weighted by Crippen LogP contribution is 2.31. The first kappa shape index (κ1) is 21.5. The fourth-order valence-electron chi connectivity index (χ4n) is 3.13. The molecule has 1 heterocycles. The van der Waals surface area contributed by atoms with Crippen molar-refractivity contribution in [2.45, 2.75) is 13.3 Å². The molecule has 1 aliphatic rings. The smallest absolute Gasteiger partial charge is 0.278 e. The molecule has 156 valence electrons. The molecular weight excluding hydrogens is 406 g/mol. The van der Waals surface area contributed by atoms with E-state index in [-0.39, 0.29) is 24.1 Å². The molecule has 3 rings (SSSR count). The van der Waals surface area contributed by atoms with Gasteiger partial charge in [-0.25, -0.2) is 0 Å². The van der Waals surface area contributed by atoms with Crippen molar-refractivity contribution in [1.82, 2.24) is 4.90 Å². The third-order valence-electron chi connectivity index (χ3n) is 4.51. The van der Waals surface area contributed by atoms with Gasteiger partial charge in [-0.05, 0) is 48.4 Å². The van der Waals surface area contributed by atoms with Crippen LogP contribution in [0.15, 0.2) is 54.2 Å². The highest BCUT2D eigenvalue weighted by molar-refractivity contribution is 6.36. The first-order valence-corrected chi connectivity index (χ1v) is 9.78. The number of nitrogens with one attached hydrogen (secondary N) is 2. The second-order valence-corrected chi connectivity index (χ2v) is 7.19. The topological polar surface area (TPSA) is 87.7 Å². The second-order valence-electron chi connectivity index (χ2n) is 6.75. The Balaban J connectivity index is 1.92. The summed E-state index contributed by atoms with van der Waals surface area (Å²) in [7, 11) is 1.57. The van der Waals surface area contributed by atoms with Crippen molar-refractivity contribution < 1.29 is 19.1 Å². The summed E-state index contributed by atoms with van der Waals surface area (Å²) in [6.07, 6.45) is 0.542. The zero-order valence-electron chi connectivity index (χ0n) is 16.7. The van der Waals surface area contributed by atoms with Crippen LogP contribution in [-0.4, -0.2) is 42.9 Å². The lowest BCUT2D eigenvalue weighted by atomic mass is 10.0. The largest absolute Gasteiger partial charge is 0.385 e. The Labute approximate surface area is 179 Å². The van der Waals surface area contributed by atoms with Crippen molar-refractivity contribution in [3.8, 4) is 0 Å². The minimum Gasteiger partial charge on any atom is -0.385 e. The summed E-state index contributed by atoms with van der Waals surface area (Å²) in [6.45, 7) is 2.13. The van der Waals surface area contributed by atoms with Gasteiger partial charge >= 0.3 is 0 Å². The maximum Gasteiger partial charge on any atom is 0.278 e. The Kier molecular flexibility index (Phi) is 6.87. The molecule has 0 aliphatic carbocycles. The van der Waals surface area contributed by atoms with Crippen molar-refractivity contribution in [1.29, 1.82) is 0 Å². The Morgan fingerprint density at radius 1 is 1.00 bits per heavy atom. The Hall–Kier alpha value is -3.16. The molecule has 3 amide bonds. The molecule has 7 nitrogen and oxygen atoms in total. The number of hydrogen-bond acceptors (Lipinski definition) is 5. The first-order valence-electron chi connectivity index (χ1n) is 9.40. The number of hydrogen-bond donors (Lipinski definition) is 2. The SMILES string of the molecule is COCCCN1C(=O)C(Nc2ccc(NC(C)=O)cc2)=C(c2ccc(Cl)cc2)C1=O. The van der Waals surface area contributed by atoms with Crippen LogP contribution in [0.4, 0.5) is 11.4 Å². The summed E-state index contributed by atoms with van der Waals surface area (Å²) in [5.41, 5.74) is 2.34. The molecule has 2 N–H and O–H groups in total. The van der Waals surface area contributed by atoms with Crippen LogP contribution in [0, 0.1) is 0 Å². The maximum absolute atomic E-state index is 13.1. The number of rotatable bonds is 8. The van der Waals surface area contributed by atoms with E-state index in [1.807, 2.05) is 0 Å². The summed E-state index contributed by atoms with van der Waals surface area (Å²) in [5.74, 6) is -0.936. The summed E-state index contributed by atoms with van der Waals surface area (Å²) >= 11 is 5.98. The van der Waals surface area contributed by atoms with Crippen molar-refractivity contribution in [3.63, 3.8) is 0 Å². The molecule has 1 aliphatic heterocycles. The van der Waals surface area contributed by atoms with Crippen LogP contribution in [0.2, 0.25) is 5.02 Å². The lowest BCUT2D eigenvalue weighted by Gasteiger charge is -2.15. The summed E-state index contributed by atoms with van der Waals surface area (Å²) in [6, 6.07) is 13.6. The first-order chi connectivity index (χ1) is 14.4. The standard InChI is InChI=1S/C22H22ClN3O4/c1-14(27)24-17-8-10-18(11-9-17)25-20-19(15-4-6-16(23)7-5-15)21(28)26(22(20)29)12-3-13-30-2/h4-11,25H,3,12-13H2,1-2H3,(H,24,27). The van der Waals surface area contributed by atoms with Gasteiger partial charge in [-0.1, -0.05) is 23.7 Å². The molecule has 2 aromatic carbocycles. The van der Waals surface area contributed by atoms with E-state index in [2.05, 4.69) is 10.6 Å². The van der Waals surface area contributed by atoms with E-state index < -0.39 is 5.91 Å². The summed E-state index contributed by atoms with van der Waals surface area (Å²) in [4.78, 5) is 38.5. The highest BCUT2D eigenvalue weighted by Gasteiger charge is 2.38. The average Bonchev–Trinajstić information content (AvgIpc) is 2.94. The van der Waals surface area contributed by atoms with Gasteiger partial charge in [0.2, 0.25) is 5.91 Å². The van der Waals surface area contributed by atoms with Gasteiger partial charge in [0.25, 0.3) is 11.8 Å². The van der Waals surface area contributed by atoms with Crippen LogP contribution >= 0.6 is 11.6 Å². The monoisotopic (exact) mass is 427 g/mol. The molecule has 0 radical (unpaired) electrons. The number of carbonyl (C=O) groups excluding carboxylic acids is 3. The van der Waals surface area contributed by atoms with E-state index in [1.165, 1.54) is 11.8 Å². The molecule has 8 heteroatoms. The molecule has 0 atom stereocenters. The molecule has 0 fully saturated rings. The third kappa shape index (κ3) is 4.87. The highest BCUT2D eigenvalue weighted by atomic mass is 35.5. The zero-order valence-corrected chi connectivity index (χ0v) is 17.5. The molecule has 0 saturated carbocycles. The Bertz CT molecular complexity index is 984. The second kappa shape index (κ2) is 9.56. The van der Waals surface area contributed by atoms with Gasteiger partial charge in [0.05, 0.1) is 5.57 Å². The molecule has 30 heavy (non-hydrogen) atoms. The normalized spacial score (nSPS) is 13.8. The number of imide groups is 1. The van der Waals surface area contributed by atoms with Gasteiger partial charge in [-0.15, -0.1) is 0 Å². The predicted molar refractivity (Wildman–Crippen MR) is 116 cm³/mol. The molecule has 0 aromatic heterocycles. The van der Waals surface area contributed by atoms with Crippen molar-refractivity contribution in [2.75, 3.05) is 30.9 Å². The van der Waals surface area contributed by atoms with Crippen LogP contribution in [0.5, 0.6) is 0 Å². The number of nitrogens with zero attached hydrogens (tertiary/aromatic N) is 1. The average molecular weight is 428 g/mol. The molecule has 0 unspecified atom stereocenters. The summed E-state index contributed by atoms with van der Waals surface area (Å²) in [5, 5.41) is 6.30. The van der Waals surface area contributed by atoms with E-state index in [4.69, 9.17) is 16.3 Å². The third-order valence-corrected chi connectivity index (χ3v) is 4.76. The van der Waals surface area contributed by atoms with Gasteiger partial charge in [0.15, 0.2) is 0 Å². The lowest BCUT2D eigenvalue weighted by molar-refractivity contribution is -0.137. The van der Waals surface area contributed by atoms with E-state index in [0.717, 1.165) is 0 Å². The van der Waals surface area contributed by atoms with Crippen LogP contribution < -0.4 is 10.6 Å². The van der Waals surface area contributed by atoms with E-state index in [9.17, 15) is 14.4 Å². The quantitative estimate of drug-likeness (QED) is 0.497. The zero-order chi connectivity index (χ0) is 21.7. The molecule has 0 bridgehead atoms. The number of benzene rings is 2. The van der Waals surface area contributed by atoms with Crippen molar-refractivity contribution in [3.05, 3.63) is 64.8 Å². The number of anilines is 2. The molecule has 0 spiro atoms. The fraction of sp³-hybridized carbons (Fsp3) is 0.227. The lowest BCUT2D eigenvalue weighted by Crippen LogP contribution is -2.33. The van der Waals surface area contributed by atoms with Crippen molar-refractivity contribution in [2.24, 2.45) is 0 Å². The van der Waals surface area contributed by atoms with Crippen LogP contribution in [-0.2, 0) is 19.1 Å². The van der Waals surface area contributed by atoms with Gasteiger partial charge in [0.1, 0.15) is 5.70 Å². The Morgan fingerprint density at radius 2 is 1.63 bits per heavy atom. The van der Waals surface area contributed by atoms with Crippen LogP contribution in [0.25, 0.3) is 5.57 Å². The fourth-order valence-corrected chi connectivity index (χ4v) is 3.26. The molecule has 0 saturated heterocycles. The van der Waals surface area contributed by atoms with Crippen LogP contribution in [0.3, 0.4) is 0 Å². The minimum absolute atomic E-state index is 0.174. The van der Waals surface area contributed by atoms with Gasteiger partial charge in [-0.3, -0.25) is 19.3 Å². The van der Waals surface area contributed by atoms with E-state index in [1.54, 1.807) is 55.6 Å². The summed E-state index contributed by atoms with van der Waals surface area (Å²) < 4.78 is 5.03. The number of halogens is 1. The number of ether oxygens (including phenoxy) is 1. The maximum atomic E-state index is 13.1. The van der Waals surface area contributed by atoms with Crippen molar-refractivity contribution >= 4 is 46.3 Å². The van der Waals surface area contributed by atoms with Gasteiger partial charge < -0.3 is 15.4 Å². The Morgan fingerprint density at radius 3 is 2.23 bits per heavy atom. The molecule has 2 aromatic rings. The number of amides is 3. The van der Waals surface area contributed by atoms with E-state index >= 15 is 0 Å². The molecular formula is C22H22ClN3O4. The van der Waals surface area contributed by atoms with Crippen LogP contribution in [0.1, 0.15) is 18.9 Å². The van der Waals surface area contributed by atoms with E-state index in [0.29, 0.717) is 40.6 Å². The van der Waals surface area contributed by atoms with Gasteiger partial charge in [-0.2, -0.15) is 0 Å².